The normalized spacial score (nSPS) is 24.7. The molecule has 2 saturated carbocycles. The highest BCUT2D eigenvalue weighted by Crippen LogP contribution is 2.50. The molecule has 2 fully saturated rings. The Bertz CT molecular complexity index is 545. The monoisotopic (exact) mass is 298 g/mol. The number of ketones is 1. The van der Waals surface area contributed by atoms with Crippen LogP contribution < -0.4 is 4.74 Å². The maximum Gasteiger partial charge on any atom is 0.416 e. The Kier molecular flexibility index (Phi) is 3.46. The third-order valence-corrected chi connectivity index (χ3v) is 4.73. The quantitative estimate of drug-likeness (QED) is 0.810. The lowest BCUT2D eigenvalue weighted by atomic mass is 9.57. The molecule has 1 atom stereocenters. The van der Waals surface area contributed by atoms with Gasteiger partial charge in [0.1, 0.15) is 17.6 Å². The van der Waals surface area contributed by atoms with Crippen LogP contribution in [0.4, 0.5) is 13.2 Å². The van der Waals surface area contributed by atoms with E-state index in [4.69, 9.17) is 4.74 Å². The smallest absolute Gasteiger partial charge is 0.416 e. The Balaban J connectivity index is 1.76. The van der Waals surface area contributed by atoms with Gasteiger partial charge in [0, 0.05) is 6.42 Å². The molecule has 2 nitrogen and oxygen atoms in total. The van der Waals surface area contributed by atoms with Crippen LogP contribution in [0, 0.1) is 5.41 Å². The Hall–Kier alpha value is -1.52. The molecule has 114 valence electrons. The Morgan fingerprint density at radius 1 is 1.14 bits per heavy atom. The fraction of sp³-hybridized carbons (Fsp3) is 0.562. The van der Waals surface area contributed by atoms with Gasteiger partial charge in [0.05, 0.1) is 11.0 Å². The lowest BCUT2D eigenvalue weighted by molar-refractivity contribution is -0.157. The van der Waals surface area contributed by atoms with Crippen molar-refractivity contribution in [3.05, 3.63) is 29.8 Å². The first-order chi connectivity index (χ1) is 9.92. The average Bonchev–Trinajstić information content (AvgIpc) is 2.47. The van der Waals surface area contributed by atoms with Gasteiger partial charge in [0.25, 0.3) is 0 Å². The van der Waals surface area contributed by atoms with Gasteiger partial charge in [-0.15, -0.1) is 0 Å². The lowest BCUT2D eigenvalue weighted by Crippen LogP contribution is -2.57. The summed E-state index contributed by atoms with van der Waals surface area (Å²) in [5, 5.41) is 0. The number of ether oxygens (including phenoxy) is 1. The van der Waals surface area contributed by atoms with Gasteiger partial charge >= 0.3 is 6.18 Å². The second kappa shape index (κ2) is 5.04. The molecule has 0 radical (unpaired) electrons. The van der Waals surface area contributed by atoms with E-state index in [0.29, 0.717) is 6.42 Å². The van der Waals surface area contributed by atoms with Crippen LogP contribution in [-0.4, -0.2) is 11.9 Å². The summed E-state index contributed by atoms with van der Waals surface area (Å²) in [6.45, 7) is 0. The molecule has 3 rings (SSSR count). The van der Waals surface area contributed by atoms with E-state index in [1.165, 1.54) is 12.1 Å². The molecule has 1 aromatic carbocycles. The van der Waals surface area contributed by atoms with Gasteiger partial charge in [-0.25, -0.2) is 0 Å². The van der Waals surface area contributed by atoms with Crippen molar-refractivity contribution in [3.8, 4) is 5.75 Å². The zero-order valence-corrected chi connectivity index (χ0v) is 11.6. The van der Waals surface area contributed by atoms with E-state index < -0.39 is 17.2 Å². The van der Waals surface area contributed by atoms with Gasteiger partial charge in [-0.05, 0) is 31.0 Å². The number of carbonyl (C=O) groups is 1. The molecule has 2 aliphatic carbocycles. The van der Waals surface area contributed by atoms with Crippen LogP contribution in [0.1, 0.15) is 44.1 Å². The first kappa shape index (κ1) is 14.4. The molecular formula is C16H17F3O2. The third-order valence-electron chi connectivity index (χ3n) is 4.73. The Morgan fingerprint density at radius 3 is 2.48 bits per heavy atom. The maximum absolute atomic E-state index is 12.7. The highest BCUT2D eigenvalue weighted by atomic mass is 19.4. The average molecular weight is 298 g/mol. The van der Waals surface area contributed by atoms with Crippen LogP contribution in [0.3, 0.4) is 0 Å². The molecule has 1 spiro atoms. The van der Waals surface area contributed by atoms with Gasteiger partial charge < -0.3 is 4.74 Å². The van der Waals surface area contributed by atoms with E-state index in [0.717, 1.165) is 44.2 Å². The highest BCUT2D eigenvalue weighted by molar-refractivity contribution is 5.92. The van der Waals surface area contributed by atoms with Crippen molar-refractivity contribution in [2.75, 3.05) is 0 Å². The number of rotatable bonds is 2. The van der Waals surface area contributed by atoms with E-state index in [2.05, 4.69) is 0 Å². The second-order valence-electron chi connectivity index (χ2n) is 5.98. The van der Waals surface area contributed by atoms with Crippen molar-refractivity contribution in [1.29, 1.82) is 0 Å². The van der Waals surface area contributed by atoms with Crippen molar-refractivity contribution < 1.29 is 22.7 Å². The van der Waals surface area contributed by atoms with Crippen LogP contribution in [0.25, 0.3) is 0 Å². The lowest BCUT2D eigenvalue weighted by Gasteiger charge is -2.49. The molecule has 1 unspecified atom stereocenters. The molecule has 0 heterocycles. The molecule has 0 bridgehead atoms. The van der Waals surface area contributed by atoms with Crippen molar-refractivity contribution in [3.63, 3.8) is 0 Å². The summed E-state index contributed by atoms with van der Waals surface area (Å²) in [4.78, 5) is 12.0. The molecule has 0 aromatic heterocycles. The van der Waals surface area contributed by atoms with Crippen molar-refractivity contribution in [2.24, 2.45) is 5.41 Å². The van der Waals surface area contributed by atoms with Crippen LogP contribution in [-0.2, 0) is 11.0 Å². The summed E-state index contributed by atoms with van der Waals surface area (Å²) in [5.74, 6) is 0.409. The van der Waals surface area contributed by atoms with Gasteiger partial charge in [-0.2, -0.15) is 13.2 Å². The van der Waals surface area contributed by atoms with E-state index in [-0.39, 0.29) is 17.6 Å². The number of halogens is 3. The van der Waals surface area contributed by atoms with Crippen molar-refractivity contribution >= 4 is 5.78 Å². The number of hydrogen-bond acceptors (Lipinski definition) is 2. The molecule has 21 heavy (non-hydrogen) atoms. The topological polar surface area (TPSA) is 26.3 Å². The number of hydrogen-bond donors (Lipinski definition) is 0. The number of Topliss-reactive ketones (excluding diaryl/α,β-unsaturated/α-hetero) is 1. The molecule has 2 aliphatic rings. The molecule has 0 N–H and O–H groups in total. The summed E-state index contributed by atoms with van der Waals surface area (Å²) in [7, 11) is 0. The summed E-state index contributed by atoms with van der Waals surface area (Å²) >= 11 is 0. The van der Waals surface area contributed by atoms with E-state index in [1.54, 1.807) is 0 Å². The fourth-order valence-electron chi connectivity index (χ4n) is 3.46. The minimum atomic E-state index is -4.38. The first-order valence-electron chi connectivity index (χ1n) is 7.29. The maximum atomic E-state index is 12.7. The van der Waals surface area contributed by atoms with Crippen LogP contribution in [0.2, 0.25) is 0 Å². The number of alkyl halides is 3. The predicted molar refractivity (Wildman–Crippen MR) is 71.0 cm³/mol. The van der Waals surface area contributed by atoms with Gasteiger partial charge in [0.15, 0.2) is 0 Å². The standard InChI is InChI=1S/C16H17F3O2/c17-16(18,19)11-5-4-6-12(9-11)21-14-10-13(20)15(14)7-2-1-3-8-15/h4-6,9,14H,1-3,7-8,10H2. The molecule has 1 aromatic rings. The van der Waals surface area contributed by atoms with Crippen LogP contribution in [0.15, 0.2) is 24.3 Å². The third kappa shape index (κ3) is 2.54. The number of benzene rings is 1. The van der Waals surface area contributed by atoms with Crippen molar-refractivity contribution in [2.45, 2.75) is 50.8 Å². The summed E-state index contributed by atoms with van der Waals surface area (Å²) in [6.07, 6.45) is 0.375. The van der Waals surface area contributed by atoms with Gasteiger partial charge in [0.2, 0.25) is 0 Å². The van der Waals surface area contributed by atoms with Crippen LogP contribution >= 0.6 is 0 Å². The highest BCUT2D eigenvalue weighted by Gasteiger charge is 2.56. The first-order valence-corrected chi connectivity index (χ1v) is 7.29. The summed E-state index contributed by atoms with van der Waals surface area (Å²) in [5.41, 5.74) is -1.16. The molecule has 0 saturated heterocycles. The van der Waals surface area contributed by atoms with E-state index >= 15 is 0 Å². The minimum absolute atomic E-state index is 0.201. The van der Waals surface area contributed by atoms with Gasteiger partial charge in [-0.3, -0.25) is 4.79 Å². The predicted octanol–water partition coefficient (Wildman–Crippen LogP) is 4.38. The Labute approximate surface area is 121 Å². The molecule has 5 heteroatoms. The fourth-order valence-corrected chi connectivity index (χ4v) is 3.46. The van der Waals surface area contributed by atoms with Crippen molar-refractivity contribution in [1.82, 2.24) is 0 Å². The Morgan fingerprint density at radius 2 is 1.86 bits per heavy atom. The number of carbonyl (C=O) groups excluding carboxylic acids is 1. The van der Waals surface area contributed by atoms with Crippen LogP contribution in [0.5, 0.6) is 5.75 Å². The second-order valence-corrected chi connectivity index (χ2v) is 5.98. The van der Waals surface area contributed by atoms with E-state index in [1.807, 2.05) is 0 Å². The molecular weight excluding hydrogens is 281 g/mol. The summed E-state index contributed by atoms with van der Waals surface area (Å²) in [6, 6.07) is 4.90. The minimum Gasteiger partial charge on any atom is -0.489 e. The zero-order chi connectivity index (χ0) is 15.1. The SMILES string of the molecule is O=C1CC(Oc2cccc(C(F)(F)F)c2)C12CCCCC2. The van der Waals surface area contributed by atoms with E-state index in [9.17, 15) is 18.0 Å². The largest absolute Gasteiger partial charge is 0.489 e. The molecule has 0 aliphatic heterocycles. The molecule has 0 amide bonds. The summed E-state index contributed by atoms with van der Waals surface area (Å²) < 4.78 is 43.8. The van der Waals surface area contributed by atoms with Gasteiger partial charge in [-0.1, -0.05) is 25.3 Å². The zero-order valence-electron chi connectivity index (χ0n) is 11.6.